The Kier molecular flexibility index (Phi) is 5.13. The van der Waals surface area contributed by atoms with E-state index in [9.17, 15) is 4.79 Å². The minimum atomic E-state index is -0.0432. The summed E-state index contributed by atoms with van der Waals surface area (Å²) in [7, 11) is 0. The summed E-state index contributed by atoms with van der Waals surface area (Å²) < 4.78 is 6.89. The van der Waals surface area contributed by atoms with Gasteiger partial charge < -0.3 is 9.64 Å². The molecule has 2 aromatic carbocycles. The van der Waals surface area contributed by atoms with Crippen LogP contribution in [0.1, 0.15) is 22.8 Å². The molecule has 0 aromatic heterocycles. The summed E-state index contributed by atoms with van der Waals surface area (Å²) in [5, 5.41) is 0. The van der Waals surface area contributed by atoms with Gasteiger partial charge in [0.15, 0.2) is 0 Å². The molecule has 4 heteroatoms. The molecular weight excluding hydrogens is 354 g/mol. The van der Waals surface area contributed by atoms with Crippen molar-refractivity contribution < 1.29 is 9.53 Å². The quantitative estimate of drug-likeness (QED) is 0.816. The molecule has 23 heavy (non-hydrogen) atoms. The number of carbonyl (C=O) groups is 1. The van der Waals surface area contributed by atoms with Gasteiger partial charge in [0, 0.05) is 11.0 Å². The van der Waals surface area contributed by atoms with Crippen LogP contribution in [0.4, 0.5) is 0 Å². The molecule has 1 atom stereocenters. The van der Waals surface area contributed by atoms with Crippen molar-refractivity contribution in [2.75, 3.05) is 19.7 Å². The van der Waals surface area contributed by atoms with E-state index in [1.165, 1.54) is 5.56 Å². The smallest absolute Gasteiger partial charge is 0.227 e. The minimum Gasteiger partial charge on any atom is -0.370 e. The highest BCUT2D eigenvalue weighted by atomic mass is 79.9. The Morgan fingerprint density at radius 2 is 2.04 bits per heavy atom. The molecule has 0 aliphatic carbocycles. The van der Waals surface area contributed by atoms with Crippen molar-refractivity contribution in [1.82, 2.24) is 4.90 Å². The maximum atomic E-state index is 12.6. The topological polar surface area (TPSA) is 29.5 Å². The summed E-state index contributed by atoms with van der Waals surface area (Å²) in [5.74, 6) is 0.168. The second-order valence-corrected chi connectivity index (χ2v) is 6.83. The Morgan fingerprint density at radius 1 is 1.26 bits per heavy atom. The molecule has 0 bridgehead atoms. The molecular formula is C19H20BrNO2. The second-order valence-electron chi connectivity index (χ2n) is 5.92. The van der Waals surface area contributed by atoms with Crippen LogP contribution in [0, 0.1) is 6.92 Å². The average Bonchev–Trinajstić information content (AvgIpc) is 2.56. The lowest BCUT2D eigenvalue weighted by molar-refractivity contribution is -0.138. The molecule has 1 unspecified atom stereocenters. The van der Waals surface area contributed by atoms with Gasteiger partial charge in [-0.3, -0.25) is 4.79 Å². The summed E-state index contributed by atoms with van der Waals surface area (Å²) in [6.45, 7) is 3.91. The zero-order chi connectivity index (χ0) is 16.2. The molecule has 0 N–H and O–H groups in total. The maximum Gasteiger partial charge on any atom is 0.227 e. The number of morpholine rings is 1. The van der Waals surface area contributed by atoms with E-state index in [4.69, 9.17) is 4.74 Å². The molecule has 1 aliphatic rings. The Bertz CT molecular complexity index is 684. The lowest BCUT2D eigenvalue weighted by Gasteiger charge is -2.33. The normalized spacial score (nSPS) is 18.0. The molecule has 0 saturated carbocycles. The van der Waals surface area contributed by atoms with Gasteiger partial charge in [-0.2, -0.15) is 0 Å². The maximum absolute atomic E-state index is 12.6. The molecule has 1 saturated heterocycles. The van der Waals surface area contributed by atoms with Gasteiger partial charge in [-0.15, -0.1) is 0 Å². The predicted molar refractivity (Wildman–Crippen MR) is 94.3 cm³/mol. The molecule has 0 radical (unpaired) electrons. The number of hydrogen-bond donors (Lipinski definition) is 0. The zero-order valence-corrected chi connectivity index (χ0v) is 14.8. The van der Waals surface area contributed by atoms with Crippen LogP contribution in [-0.2, 0) is 16.0 Å². The van der Waals surface area contributed by atoms with Crippen molar-refractivity contribution in [2.24, 2.45) is 0 Å². The number of rotatable bonds is 3. The van der Waals surface area contributed by atoms with E-state index in [1.54, 1.807) is 0 Å². The number of nitrogens with zero attached hydrogens (tertiary/aromatic N) is 1. The Hall–Kier alpha value is -1.65. The first-order chi connectivity index (χ1) is 11.1. The van der Waals surface area contributed by atoms with E-state index >= 15 is 0 Å². The number of benzene rings is 2. The van der Waals surface area contributed by atoms with E-state index < -0.39 is 0 Å². The molecule has 1 heterocycles. The van der Waals surface area contributed by atoms with E-state index in [1.807, 2.05) is 54.3 Å². The third-order valence-electron chi connectivity index (χ3n) is 4.10. The number of ether oxygens (including phenoxy) is 1. The monoisotopic (exact) mass is 373 g/mol. The summed E-state index contributed by atoms with van der Waals surface area (Å²) in [4.78, 5) is 14.5. The van der Waals surface area contributed by atoms with Crippen LogP contribution in [0.2, 0.25) is 0 Å². The van der Waals surface area contributed by atoms with Crippen molar-refractivity contribution in [1.29, 1.82) is 0 Å². The van der Waals surface area contributed by atoms with Gasteiger partial charge in [0.2, 0.25) is 5.91 Å². The van der Waals surface area contributed by atoms with Crippen LogP contribution in [0.15, 0.2) is 53.0 Å². The molecule has 3 rings (SSSR count). The average molecular weight is 374 g/mol. The molecule has 3 nitrogen and oxygen atoms in total. The van der Waals surface area contributed by atoms with Gasteiger partial charge in [-0.25, -0.2) is 0 Å². The molecule has 2 aromatic rings. The van der Waals surface area contributed by atoms with Gasteiger partial charge in [0.25, 0.3) is 0 Å². The van der Waals surface area contributed by atoms with Gasteiger partial charge in [0.05, 0.1) is 19.6 Å². The summed E-state index contributed by atoms with van der Waals surface area (Å²) in [5.41, 5.74) is 3.37. The van der Waals surface area contributed by atoms with E-state index in [0.717, 1.165) is 15.6 Å². The molecule has 1 aliphatic heterocycles. The lowest BCUT2D eigenvalue weighted by atomic mass is 10.1. The van der Waals surface area contributed by atoms with Crippen LogP contribution in [0.25, 0.3) is 0 Å². The highest BCUT2D eigenvalue weighted by Crippen LogP contribution is 2.24. The SMILES string of the molecule is Cc1cccc(CC(=O)N2CCOC(c3ccc(Br)cc3)C2)c1. The number of aryl methyl sites for hydroxylation is 1. The Morgan fingerprint density at radius 3 is 2.78 bits per heavy atom. The van der Waals surface area contributed by atoms with Gasteiger partial charge >= 0.3 is 0 Å². The summed E-state index contributed by atoms with van der Waals surface area (Å²) in [6.07, 6.45) is 0.410. The highest BCUT2D eigenvalue weighted by Gasteiger charge is 2.25. The largest absolute Gasteiger partial charge is 0.370 e. The fourth-order valence-electron chi connectivity index (χ4n) is 2.86. The number of amides is 1. The van der Waals surface area contributed by atoms with Crippen LogP contribution >= 0.6 is 15.9 Å². The van der Waals surface area contributed by atoms with Gasteiger partial charge in [-0.1, -0.05) is 57.9 Å². The zero-order valence-electron chi connectivity index (χ0n) is 13.2. The van der Waals surface area contributed by atoms with E-state index in [0.29, 0.717) is 26.1 Å². The molecule has 1 amide bonds. The summed E-state index contributed by atoms with van der Waals surface area (Å²) >= 11 is 3.44. The van der Waals surface area contributed by atoms with Crippen LogP contribution in [0.3, 0.4) is 0 Å². The van der Waals surface area contributed by atoms with Crippen LogP contribution < -0.4 is 0 Å². The van der Waals surface area contributed by atoms with Crippen molar-refractivity contribution >= 4 is 21.8 Å². The molecule has 1 fully saturated rings. The van der Waals surface area contributed by atoms with E-state index in [2.05, 4.69) is 22.0 Å². The van der Waals surface area contributed by atoms with E-state index in [-0.39, 0.29) is 12.0 Å². The number of carbonyl (C=O) groups excluding carboxylic acids is 1. The van der Waals surface area contributed by atoms with Crippen molar-refractivity contribution in [2.45, 2.75) is 19.4 Å². The predicted octanol–water partition coefficient (Wildman–Crippen LogP) is 3.90. The lowest BCUT2D eigenvalue weighted by Crippen LogP contribution is -2.42. The molecule has 0 spiro atoms. The van der Waals surface area contributed by atoms with Crippen molar-refractivity contribution in [3.63, 3.8) is 0 Å². The highest BCUT2D eigenvalue weighted by molar-refractivity contribution is 9.10. The van der Waals surface area contributed by atoms with Crippen LogP contribution in [-0.4, -0.2) is 30.5 Å². The Balaban J connectivity index is 1.65. The van der Waals surface area contributed by atoms with Crippen molar-refractivity contribution in [3.05, 3.63) is 69.7 Å². The van der Waals surface area contributed by atoms with Crippen molar-refractivity contribution in [3.8, 4) is 0 Å². The number of halogens is 1. The number of hydrogen-bond acceptors (Lipinski definition) is 2. The first kappa shape index (κ1) is 16.2. The van der Waals surface area contributed by atoms with Gasteiger partial charge in [0.1, 0.15) is 6.10 Å². The van der Waals surface area contributed by atoms with Crippen LogP contribution in [0.5, 0.6) is 0 Å². The minimum absolute atomic E-state index is 0.0432. The third-order valence-corrected chi connectivity index (χ3v) is 4.63. The van der Waals surface area contributed by atoms with Gasteiger partial charge in [-0.05, 0) is 30.2 Å². The Labute approximate surface area is 145 Å². The first-order valence-electron chi connectivity index (χ1n) is 7.82. The third kappa shape index (κ3) is 4.21. The summed E-state index contributed by atoms with van der Waals surface area (Å²) in [6, 6.07) is 16.2. The molecule has 120 valence electrons. The fourth-order valence-corrected chi connectivity index (χ4v) is 3.13. The fraction of sp³-hybridized carbons (Fsp3) is 0.316. The standard InChI is InChI=1S/C19H20BrNO2/c1-14-3-2-4-15(11-14)12-19(22)21-9-10-23-18(13-21)16-5-7-17(20)8-6-16/h2-8,11,18H,9-10,12-13H2,1H3. The first-order valence-corrected chi connectivity index (χ1v) is 8.61. The second kappa shape index (κ2) is 7.28.